The number of para-hydroxylation sites is 1. The second-order valence-corrected chi connectivity index (χ2v) is 7.43. The molecule has 0 saturated carbocycles. The molecular formula is C22H21F2N3O4S. The quantitative estimate of drug-likeness (QED) is 0.544. The van der Waals surface area contributed by atoms with Crippen LogP contribution in [-0.4, -0.2) is 49.0 Å². The first-order chi connectivity index (χ1) is 15.4. The van der Waals surface area contributed by atoms with Crippen molar-refractivity contribution in [1.82, 2.24) is 9.88 Å². The number of anilines is 1. The fourth-order valence-corrected chi connectivity index (χ4v) is 3.72. The molecule has 3 aromatic rings. The summed E-state index contributed by atoms with van der Waals surface area (Å²) in [6.45, 7) is 1.51. The van der Waals surface area contributed by atoms with Crippen LogP contribution in [0, 0.1) is 11.6 Å². The number of hydrogen-bond donors (Lipinski definition) is 1. The van der Waals surface area contributed by atoms with Crippen molar-refractivity contribution in [2.24, 2.45) is 0 Å². The lowest BCUT2D eigenvalue weighted by Crippen LogP contribution is -2.38. The van der Waals surface area contributed by atoms with Crippen molar-refractivity contribution in [2.45, 2.75) is 6.92 Å². The highest BCUT2D eigenvalue weighted by molar-refractivity contribution is 7.13. The molecule has 0 radical (unpaired) electrons. The van der Waals surface area contributed by atoms with Crippen molar-refractivity contribution in [3.63, 3.8) is 0 Å². The van der Waals surface area contributed by atoms with E-state index in [9.17, 15) is 18.4 Å². The zero-order chi connectivity index (χ0) is 23.3. The average Bonchev–Trinajstić information content (AvgIpc) is 3.29. The molecule has 2 aromatic carbocycles. The highest BCUT2D eigenvalue weighted by Gasteiger charge is 2.22. The number of aromatic nitrogens is 1. The summed E-state index contributed by atoms with van der Waals surface area (Å²) in [4.78, 5) is 30.8. The Balaban J connectivity index is 1.73. The maximum absolute atomic E-state index is 13.8. The van der Waals surface area contributed by atoms with Crippen molar-refractivity contribution < 1.29 is 27.8 Å². The minimum Gasteiger partial charge on any atom is -0.493 e. The summed E-state index contributed by atoms with van der Waals surface area (Å²) in [5.74, 6) is -1.89. The first-order valence-electron chi connectivity index (χ1n) is 9.59. The van der Waals surface area contributed by atoms with E-state index in [1.165, 1.54) is 36.5 Å². The third-order valence-corrected chi connectivity index (χ3v) is 5.48. The Morgan fingerprint density at radius 1 is 1.09 bits per heavy atom. The number of likely N-dealkylation sites (N-methyl/N-ethyl adjacent to an activating group) is 1. The van der Waals surface area contributed by atoms with Gasteiger partial charge in [0.05, 0.1) is 14.2 Å². The summed E-state index contributed by atoms with van der Waals surface area (Å²) in [5.41, 5.74) is 0.347. The molecule has 32 heavy (non-hydrogen) atoms. The van der Waals surface area contributed by atoms with Gasteiger partial charge < -0.3 is 19.7 Å². The first-order valence-corrected chi connectivity index (χ1v) is 10.5. The second-order valence-electron chi connectivity index (χ2n) is 6.57. The van der Waals surface area contributed by atoms with Crippen molar-refractivity contribution in [2.75, 3.05) is 32.6 Å². The molecule has 0 aliphatic rings. The molecule has 1 N–H and O–H groups in total. The summed E-state index contributed by atoms with van der Waals surface area (Å²) in [6.07, 6.45) is 0. The molecular weight excluding hydrogens is 440 g/mol. The number of thiazole rings is 1. The molecule has 0 spiro atoms. The molecule has 168 valence electrons. The van der Waals surface area contributed by atoms with Crippen molar-refractivity contribution in [3.05, 3.63) is 59.1 Å². The molecule has 0 fully saturated rings. The lowest BCUT2D eigenvalue weighted by Gasteiger charge is -2.19. The van der Waals surface area contributed by atoms with E-state index in [1.807, 2.05) is 0 Å². The van der Waals surface area contributed by atoms with Gasteiger partial charge in [-0.15, -0.1) is 11.3 Å². The zero-order valence-electron chi connectivity index (χ0n) is 17.6. The van der Waals surface area contributed by atoms with Gasteiger partial charge in [0, 0.05) is 17.5 Å². The van der Waals surface area contributed by atoms with Gasteiger partial charge in [0.25, 0.3) is 5.91 Å². The molecule has 0 unspecified atom stereocenters. The smallest absolute Gasteiger partial charge is 0.273 e. The lowest BCUT2D eigenvalue weighted by atomic mass is 10.2. The third kappa shape index (κ3) is 5.02. The third-order valence-electron chi connectivity index (χ3n) is 4.58. The zero-order valence-corrected chi connectivity index (χ0v) is 18.5. The minimum absolute atomic E-state index is 0.159. The largest absolute Gasteiger partial charge is 0.493 e. The van der Waals surface area contributed by atoms with Gasteiger partial charge in [0.1, 0.15) is 34.6 Å². The Morgan fingerprint density at radius 2 is 1.78 bits per heavy atom. The Bertz CT molecular complexity index is 1120. The van der Waals surface area contributed by atoms with E-state index in [0.717, 1.165) is 17.7 Å². The van der Waals surface area contributed by atoms with E-state index in [4.69, 9.17) is 9.47 Å². The maximum Gasteiger partial charge on any atom is 0.273 e. The Labute approximate surface area is 187 Å². The molecule has 0 aliphatic carbocycles. The van der Waals surface area contributed by atoms with Crippen LogP contribution in [0.15, 0.2) is 41.8 Å². The highest BCUT2D eigenvalue weighted by atomic mass is 32.1. The summed E-state index contributed by atoms with van der Waals surface area (Å²) in [5, 5.41) is 4.35. The predicted molar refractivity (Wildman–Crippen MR) is 117 cm³/mol. The molecule has 1 aromatic heterocycles. The number of nitrogens with one attached hydrogen (secondary N) is 1. The Hall–Kier alpha value is -3.53. The average molecular weight is 461 g/mol. The maximum atomic E-state index is 13.8. The van der Waals surface area contributed by atoms with Gasteiger partial charge in [-0.25, -0.2) is 13.8 Å². The number of rotatable bonds is 8. The van der Waals surface area contributed by atoms with Crippen LogP contribution in [0.1, 0.15) is 17.4 Å². The normalized spacial score (nSPS) is 10.5. The summed E-state index contributed by atoms with van der Waals surface area (Å²) in [7, 11) is 3.06. The topological polar surface area (TPSA) is 80.8 Å². The van der Waals surface area contributed by atoms with Crippen LogP contribution in [0.5, 0.6) is 11.5 Å². The van der Waals surface area contributed by atoms with Crippen LogP contribution in [0.2, 0.25) is 0 Å². The monoisotopic (exact) mass is 461 g/mol. The number of halogens is 2. The molecule has 1 heterocycles. The molecule has 0 atom stereocenters. The van der Waals surface area contributed by atoms with Crippen molar-refractivity contribution >= 4 is 28.8 Å². The summed E-state index contributed by atoms with van der Waals surface area (Å²) >= 11 is 1.26. The second kappa shape index (κ2) is 10.2. The predicted octanol–water partition coefficient (Wildman–Crippen LogP) is 4.21. The molecule has 7 nitrogen and oxygen atoms in total. The Morgan fingerprint density at radius 3 is 2.41 bits per heavy atom. The van der Waals surface area contributed by atoms with Gasteiger partial charge in [-0.3, -0.25) is 9.59 Å². The van der Waals surface area contributed by atoms with Crippen LogP contribution in [0.25, 0.3) is 10.6 Å². The molecule has 0 aliphatic heterocycles. The summed E-state index contributed by atoms with van der Waals surface area (Å²) < 4.78 is 38.0. The standard InChI is InChI=1S/C22H21F2N3O4S/c1-4-27(11-19(28)26-20-14(23)6-5-7-15(20)24)22(29)16-12-32-21(25-16)13-8-9-17(30-2)18(10-13)31-3/h5-10,12H,4,11H2,1-3H3,(H,26,28). The van der Waals surface area contributed by atoms with Crippen molar-refractivity contribution in [3.8, 4) is 22.1 Å². The van der Waals surface area contributed by atoms with Gasteiger partial charge in [-0.1, -0.05) is 6.07 Å². The van der Waals surface area contributed by atoms with Gasteiger partial charge in [0.2, 0.25) is 5.91 Å². The number of hydrogen-bond acceptors (Lipinski definition) is 6. The van der Waals surface area contributed by atoms with Crippen molar-refractivity contribution in [1.29, 1.82) is 0 Å². The number of nitrogens with zero attached hydrogens (tertiary/aromatic N) is 2. The number of ether oxygens (including phenoxy) is 2. The van der Waals surface area contributed by atoms with E-state index >= 15 is 0 Å². The van der Waals surface area contributed by atoms with E-state index in [0.29, 0.717) is 16.5 Å². The molecule has 0 bridgehead atoms. The molecule has 2 amide bonds. The van der Waals surface area contributed by atoms with Gasteiger partial charge >= 0.3 is 0 Å². The number of benzene rings is 2. The first kappa shape index (κ1) is 23.1. The number of amides is 2. The number of methoxy groups -OCH3 is 2. The Kier molecular flexibility index (Phi) is 7.37. The molecule has 0 saturated heterocycles. The molecule has 3 rings (SSSR count). The van der Waals surface area contributed by atoms with Crippen LogP contribution < -0.4 is 14.8 Å². The van der Waals surface area contributed by atoms with Gasteiger partial charge in [-0.05, 0) is 37.3 Å². The fraction of sp³-hybridized carbons (Fsp3) is 0.227. The van der Waals surface area contributed by atoms with Gasteiger partial charge in [-0.2, -0.15) is 0 Å². The van der Waals surface area contributed by atoms with E-state index in [-0.39, 0.29) is 18.8 Å². The van der Waals surface area contributed by atoms with Crippen LogP contribution >= 0.6 is 11.3 Å². The molecule has 10 heteroatoms. The van der Waals surface area contributed by atoms with E-state index < -0.39 is 29.1 Å². The van der Waals surface area contributed by atoms with Crippen LogP contribution in [-0.2, 0) is 4.79 Å². The van der Waals surface area contributed by atoms with Gasteiger partial charge in [0.15, 0.2) is 11.5 Å². The lowest BCUT2D eigenvalue weighted by molar-refractivity contribution is -0.116. The van der Waals surface area contributed by atoms with E-state index in [1.54, 1.807) is 30.5 Å². The number of carbonyl (C=O) groups is 2. The fourth-order valence-electron chi connectivity index (χ4n) is 2.93. The van der Waals surface area contributed by atoms with Crippen LogP contribution in [0.4, 0.5) is 14.5 Å². The van der Waals surface area contributed by atoms with Crippen LogP contribution in [0.3, 0.4) is 0 Å². The van der Waals surface area contributed by atoms with E-state index in [2.05, 4.69) is 10.3 Å². The minimum atomic E-state index is -0.896. The SMILES string of the molecule is CCN(CC(=O)Nc1c(F)cccc1F)C(=O)c1csc(-c2ccc(OC)c(OC)c2)n1. The highest BCUT2D eigenvalue weighted by Crippen LogP contribution is 2.33. The number of carbonyl (C=O) groups excluding carboxylic acids is 2. The summed E-state index contributed by atoms with van der Waals surface area (Å²) in [6, 6.07) is 8.54.